The van der Waals surface area contributed by atoms with E-state index < -0.39 is 10.0 Å². The molecule has 0 heterocycles. The Hall–Kier alpha value is -0.910. The topological polar surface area (TPSA) is 58.2 Å². The summed E-state index contributed by atoms with van der Waals surface area (Å²) in [5.74, 6) is 0.107. The number of rotatable bonds is 6. The van der Waals surface area contributed by atoms with Gasteiger partial charge in [0.2, 0.25) is 10.0 Å². The first-order valence-electron chi connectivity index (χ1n) is 5.21. The van der Waals surface area contributed by atoms with Crippen molar-refractivity contribution in [1.82, 2.24) is 10.0 Å². The van der Waals surface area contributed by atoms with Crippen molar-refractivity contribution >= 4 is 10.0 Å². The molecular formula is C11H18N2O2S. The Morgan fingerprint density at radius 3 is 2.38 bits per heavy atom. The van der Waals surface area contributed by atoms with Gasteiger partial charge in [-0.15, -0.1) is 0 Å². The number of aryl methyl sites for hydroxylation is 1. The lowest BCUT2D eigenvalue weighted by atomic mass is 10.2. The molecule has 5 heteroatoms. The molecule has 0 saturated carbocycles. The van der Waals surface area contributed by atoms with Crippen LogP contribution in [0.15, 0.2) is 24.3 Å². The van der Waals surface area contributed by atoms with Crippen molar-refractivity contribution in [2.24, 2.45) is 0 Å². The molecule has 16 heavy (non-hydrogen) atoms. The fourth-order valence-electron chi connectivity index (χ4n) is 1.21. The molecule has 0 aromatic heterocycles. The molecule has 0 saturated heterocycles. The van der Waals surface area contributed by atoms with Gasteiger partial charge < -0.3 is 5.32 Å². The molecule has 0 aliphatic carbocycles. The SMILES string of the molecule is CNCCS(=O)(=O)NCc1ccc(C)cc1. The van der Waals surface area contributed by atoms with Gasteiger partial charge in [0.1, 0.15) is 0 Å². The van der Waals surface area contributed by atoms with E-state index in [9.17, 15) is 8.42 Å². The standard InChI is InChI=1S/C11H18N2O2S/c1-10-3-5-11(6-4-10)9-13-16(14,15)8-7-12-2/h3-6,12-13H,7-9H2,1-2H3. The highest BCUT2D eigenvalue weighted by Crippen LogP contribution is 2.03. The van der Waals surface area contributed by atoms with E-state index in [0.29, 0.717) is 13.1 Å². The van der Waals surface area contributed by atoms with Crippen LogP contribution in [0.4, 0.5) is 0 Å². The molecule has 0 spiro atoms. The summed E-state index contributed by atoms with van der Waals surface area (Å²) < 4.78 is 25.5. The van der Waals surface area contributed by atoms with Gasteiger partial charge in [-0.05, 0) is 19.5 Å². The fourth-order valence-corrected chi connectivity index (χ4v) is 2.21. The van der Waals surface area contributed by atoms with Gasteiger partial charge in [-0.2, -0.15) is 0 Å². The van der Waals surface area contributed by atoms with Gasteiger partial charge in [-0.25, -0.2) is 13.1 Å². The van der Waals surface area contributed by atoms with E-state index >= 15 is 0 Å². The summed E-state index contributed by atoms with van der Waals surface area (Å²) in [5.41, 5.74) is 2.14. The van der Waals surface area contributed by atoms with Gasteiger partial charge in [-0.1, -0.05) is 29.8 Å². The average molecular weight is 242 g/mol. The summed E-state index contributed by atoms with van der Waals surface area (Å²) in [7, 11) is -1.43. The van der Waals surface area contributed by atoms with E-state index in [1.54, 1.807) is 7.05 Å². The fraction of sp³-hybridized carbons (Fsp3) is 0.455. The Bertz CT molecular complexity index is 412. The Balaban J connectivity index is 2.48. The van der Waals surface area contributed by atoms with Crippen molar-refractivity contribution in [3.05, 3.63) is 35.4 Å². The normalized spacial score (nSPS) is 11.6. The molecule has 1 rings (SSSR count). The van der Waals surface area contributed by atoms with Crippen molar-refractivity contribution in [2.75, 3.05) is 19.3 Å². The molecule has 0 aliphatic heterocycles. The minimum absolute atomic E-state index is 0.107. The maximum atomic E-state index is 11.5. The quantitative estimate of drug-likeness (QED) is 0.769. The van der Waals surface area contributed by atoms with Crippen LogP contribution < -0.4 is 10.0 Å². The predicted molar refractivity (Wildman–Crippen MR) is 65.7 cm³/mol. The lowest BCUT2D eigenvalue weighted by molar-refractivity contribution is 0.579. The highest BCUT2D eigenvalue weighted by atomic mass is 32.2. The van der Waals surface area contributed by atoms with Gasteiger partial charge in [0, 0.05) is 13.1 Å². The van der Waals surface area contributed by atoms with Crippen LogP contribution in [0.5, 0.6) is 0 Å². The molecule has 0 fully saturated rings. The molecule has 0 bridgehead atoms. The minimum Gasteiger partial charge on any atom is -0.319 e. The maximum Gasteiger partial charge on any atom is 0.213 e. The van der Waals surface area contributed by atoms with Crippen molar-refractivity contribution in [3.63, 3.8) is 0 Å². The summed E-state index contributed by atoms with van der Waals surface area (Å²) in [6.07, 6.45) is 0. The zero-order valence-electron chi connectivity index (χ0n) is 9.66. The zero-order valence-corrected chi connectivity index (χ0v) is 10.5. The monoisotopic (exact) mass is 242 g/mol. The van der Waals surface area contributed by atoms with Crippen LogP contribution in [0.2, 0.25) is 0 Å². The smallest absolute Gasteiger partial charge is 0.213 e. The van der Waals surface area contributed by atoms with E-state index in [4.69, 9.17) is 0 Å². The van der Waals surface area contributed by atoms with Gasteiger partial charge in [0.25, 0.3) is 0 Å². The molecule has 0 amide bonds. The second kappa shape index (κ2) is 5.98. The van der Waals surface area contributed by atoms with Crippen molar-refractivity contribution < 1.29 is 8.42 Å². The van der Waals surface area contributed by atoms with Crippen LogP contribution in [-0.2, 0) is 16.6 Å². The van der Waals surface area contributed by atoms with Crippen LogP contribution in [0, 0.1) is 6.92 Å². The number of hydrogen-bond acceptors (Lipinski definition) is 3. The molecular weight excluding hydrogens is 224 g/mol. The van der Waals surface area contributed by atoms with Crippen molar-refractivity contribution in [1.29, 1.82) is 0 Å². The third-order valence-corrected chi connectivity index (χ3v) is 3.56. The van der Waals surface area contributed by atoms with E-state index in [2.05, 4.69) is 10.0 Å². The summed E-state index contributed by atoms with van der Waals surface area (Å²) >= 11 is 0. The van der Waals surface area contributed by atoms with Gasteiger partial charge in [-0.3, -0.25) is 0 Å². The largest absolute Gasteiger partial charge is 0.319 e. The van der Waals surface area contributed by atoms with Gasteiger partial charge >= 0.3 is 0 Å². The Morgan fingerprint density at radius 1 is 1.19 bits per heavy atom. The second-order valence-electron chi connectivity index (χ2n) is 3.73. The lowest BCUT2D eigenvalue weighted by Gasteiger charge is -2.06. The van der Waals surface area contributed by atoms with E-state index in [0.717, 1.165) is 5.56 Å². The number of hydrogen-bond donors (Lipinski definition) is 2. The lowest BCUT2D eigenvalue weighted by Crippen LogP contribution is -2.30. The molecule has 2 N–H and O–H groups in total. The summed E-state index contributed by atoms with van der Waals surface area (Å²) in [6.45, 7) is 2.82. The van der Waals surface area contributed by atoms with Crippen LogP contribution in [0.3, 0.4) is 0 Å². The van der Waals surface area contributed by atoms with Crippen LogP contribution in [0.25, 0.3) is 0 Å². The first kappa shape index (κ1) is 13.2. The third kappa shape index (κ3) is 4.74. The maximum absolute atomic E-state index is 11.5. The Kier molecular flexibility index (Phi) is 4.92. The highest BCUT2D eigenvalue weighted by molar-refractivity contribution is 7.89. The highest BCUT2D eigenvalue weighted by Gasteiger charge is 2.08. The predicted octanol–water partition coefficient (Wildman–Crippen LogP) is 0.634. The van der Waals surface area contributed by atoms with Gasteiger partial charge in [0.05, 0.1) is 5.75 Å². The average Bonchev–Trinajstić information content (AvgIpc) is 2.26. The van der Waals surface area contributed by atoms with Crippen molar-refractivity contribution in [3.8, 4) is 0 Å². The first-order chi connectivity index (χ1) is 7.53. The van der Waals surface area contributed by atoms with Crippen LogP contribution >= 0.6 is 0 Å². The molecule has 1 aromatic carbocycles. The molecule has 0 radical (unpaired) electrons. The minimum atomic E-state index is -3.16. The third-order valence-electron chi connectivity index (χ3n) is 2.24. The Morgan fingerprint density at radius 2 is 1.81 bits per heavy atom. The molecule has 1 aromatic rings. The molecule has 0 unspecified atom stereocenters. The van der Waals surface area contributed by atoms with Crippen LogP contribution in [0.1, 0.15) is 11.1 Å². The summed E-state index contributed by atoms with van der Waals surface area (Å²) in [6, 6.07) is 7.79. The van der Waals surface area contributed by atoms with Gasteiger partial charge in [0.15, 0.2) is 0 Å². The summed E-state index contributed by atoms with van der Waals surface area (Å²) in [5, 5.41) is 2.81. The van der Waals surface area contributed by atoms with E-state index in [1.165, 1.54) is 5.56 Å². The second-order valence-corrected chi connectivity index (χ2v) is 5.66. The van der Waals surface area contributed by atoms with Crippen molar-refractivity contribution in [2.45, 2.75) is 13.5 Å². The first-order valence-corrected chi connectivity index (χ1v) is 6.86. The molecule has 4 nitrogen and oxygen atoms in total. The molecule has 0 atom stereocenters. The zero-order chi connectivity index (χ0) is 12.0. The number of nitrogens with one attached hydrogen (secondary N) is 2. The van der Waals surface area contributed by atoms with E-state index in [1.807, 2.05) is 31.2 Å². The van der Waals surface area contributed by atoms with Crippen LogP contribution in [-0.4, -0.2) is 27.8 Å². The Labute approximate surface area is 97.1 Å². The molecule has 90 valence electrons. The number of benzene rings is 1. The summed E-state index contributed by atoms with van der Waals surface area (Å²) in [4.78, 5) is 0. The van der Waals surface area contributed by atoms with E-state index in [-0.39, 0.29) is 5.75 Å². The number of sulfonamides is 1. The molecule has 0 aliphatic rings.